The van der Waals surface area contributed by atoms with Crippen molar-refractivity contribution in [2.75, 3.05) is 4.72 Å². The Morgan fingerprint density at radius 3 is 2.32 bits per heavy atom. The van der Waals surface area contributed by atoms with Gasteiger partial charge in [0.25, 0.3) is 0 Å². The lowest BCUT2D eigenvalue weighted by Gasteiger charge is -2.12. The van der Waals surface area contributed by atoms with Crippen LogP contribution in [0.15, 0.2) is 95.9 Å². The Balaban J connectivity index is 1.54. The lowest BCUT2D eigenvalue weighted by Crippen LogP contribution is -2.10. The molecule has 0 radical (unpaired) electrons. The second-order valence-electron chi connectivity index (χ2n) is 7.19. The van der Waals surface area contributed by atoms with E-state index >= 15 is 0 Å². The molecule has 1 unspecified atom stereocenters. The minimum atomic E-state index is -1.52. The van der Waals surface area contributed by atoms with Crippen LogP contribution < -0.4 is 4.72 Å². The fraction of sp³-hybridized carbons (Fsp3) is 0.0400. The lowest BCUT2D eigenvalue weighted by molar-refractivity contribution is 0.686. The topological polar surface area (TPSA) is 54.9 Å². The summed E-state index contributed by atoms with van der Waals surface area (Å²) >= 11 is 6.07. The molecule has 6 heteroatoms. The summed E-state index contributed by atoms with van der Waals surface area (Å²) in [5.41, 5.74) is 3.40. The van der Waals surface area contributed by atoms with Crippen LogP contribution in [0.2, 0.25) is 5.02 Å². The summed E-state index contributed by atoms with van der Waals surface area (Å²) in [6.07, 6.45) is 0.567. The zero-order valence-corrected chi connectivity index (χ0v) is 18.0. The zero-order valence-electron chi connectivity index (χ0n) is 16.5. The van der Waals surface area contributed by atoms with Crippen molar-refractivity contribution in [3.05, 3.63) is 107 Å². The third kappa shape index (κ3) is 4.29. The fourth-order valence-electron chi connectivity index (χ4n) is 3.51. The van der Waals surface area contributed by atoms with Gasteiger partial charge in [-0.25, -0.2) is 14.2 Å². The Morgan fingerprint density at radius 2 is 1.52 bits per heavy atom. The quantitative estimate of drug-likeness (QED) is 0.354. The van der Waals surface area contributed by atoms with Crippen LogP contribution in [0.4, 0.5) is 5.82 Å². The molecule has 31 heavy (non-hydrogen) atoms. The minimum Gasteiger partial charge on any atom is -0.284 e. The number of nitrogens with one attached hydrogen (secondary N) is 1. The van der Waals surface area contributed by atoms with Gasteiger partial charge in [0.15, 0.2) is 16.8 Å². The summed E-state index contributed by atoms with van der Waals surface area (Å²) in [5.74, 6) is 0.505. The third-order valence-electron chi connectivity index (χ3n) is 5.03. The van der Waals surface area contributed by atoms with E-state index in [1.807, 2.05) is 36.4 Å². The molecule has 1 heterocycles. The molecule has 0 aliphatic carbocycles. The molecule has 5 rings (SSSR count). The average molecular weight is 444 g/mol. The van der Waals surface area contributed by atoms with Gasteiger partial charge in [-0.15, -0.1) is 0 Å². The van der Waals surface area contributed by atoms with Gasteiger partial charge in [-0.2, -0.15) is 0 Å². The first-order chi connectivity index (χ1) is 15.2. The number of hydrogen-bond acceptors (Lipinski definition) is 3. The highest BCUT2D eigenvalue weighted by Gasteiger charge is 2.14. The van der Waals surface area contributed by atoms with E-state index in [9.17, 15) is 4.21 Å². The van der Waals surface area contributed by atoms with E-state index in [2.05, 4.69) is 35.1 Å². The Hall–Kier alpha value is -3.28. The highest BCUT2D eigenvalue weighted by atomic mass is 35.5. The van der Waals surface area contributed by atoms with Crippen molar-refractivity contribution in [3.8, 4) is 0 Å². The SMILES string of the molecule is O=S(Nc1nc2ccccc2nc1Cc1ccc2ccccc2c1)c1cccc(Cl)c1. The Labute approximate surface area is 187 Å². The highest BCUT2D eigenvalue weighted by Crippen LogP contribution is 2.24. The van der Waals surface area contributed by atoms with Gasteiger partial charge in [0, 0.05) is 11.4 Å². The molecule has 4 aromatic carbocycles. The van der Waals surface area contributed by atoms with Crippen molar-refractivity contribution in [1.29, 1.82) is 0 Å². The fourth-order valence-corrected chi connectivity index (χ4v) is 4.66. The third-order valence-corrected chi connectivity index (χ3v) is 6.32. The molecule has 0 bridgehead atoms. The molecule has 5 aromatic rings. The van der Waals surface area contributed by atoms with Gasteiger partial charge in [-0.3, -0.25) is 4.72 Å². The molecule has 4 nitrogen and oxygen atoms in total. The van der Waals surface area contributed by atoms with Gasteiger partial charge in [-0.1, -0.05) is 72.3 Å². The van der Waals surface area contributed by atoms with Crippen molar-refractivity contribution in [2.45, 2.75) is 11.3 Å². The molecule has 0 spiro atoms. The van der Waals surface area contributed by atoms with Crippen LogP contribution in [-0.2, 0) is 17.4 Å². The van der Waals surface area contributed by atoms with Gasteiger partial charge in [0.2, 0.25) is 0 Å². The molecule has 1 atom stereocenters. The molecular weight excluding hydrogens is 426 g/mol. The van der Waals surface area contributed by atoms with Crippen LogP contribution in [0, 0.1) is 0 Å². The van der Waals surface area contributed by atoms with Crippen molar-refractivity contribution in [3.63, 3.8) is 0 Å². The second-order valence-corrected chi connectivity index (χ2v) is 8.84. The van der Waals surface area contributed by atoms with Gasteiger partial charge < -0.3 is 0 Å². The summed E-state index contributed by atoms with van der Waals surface area (Å²) in [6.45, 7) is 0. The van der Waals surface area contributed by atoms with E-state index < -0.39 is 11.0 Å². The van der Waals surface area contributed by atoms with E-state index in [0.717, 1.165) is 22.3 Å². The summed E-state index contributed by atoms with van der Waals surface area (Å²) in [6, 6.07) is 29.3. The molecule has 0 saturated carbocycles. The maximum atomic E-state index is 13.0. The molecule has 0 saturated heterocycles. The molecule has 0 amide bonds. The minimum absolute atomic E-state index is 0.505. The molecule has 1 aromatic heterocycles. The maximum absolute atomic E-state index is 13.0. The van der Waals surface area contributed by atoms with Crippen LogP contribution in [0.3, 0.4) is 0 Å². The largest absolute Gasteiger partial charge is 0.284 e. The number of rotatable bonds is 5. The van der Waals surface area contributed by atoms with Crippen LogP contribution in [-0.4, -0.2) is 14.2 Å². The van der Waals surface area contributed by atoms with E-state index in [-0.39, 0.29) is 0 Å². The van der Waals surface area contributed by atoms with Crippen LogP contribution in [0.1, 0.15) is 11.3 Å². The highest BCUT2D eigenvalue weighted by molar-refractivity contribution is 7.86. The summed E-state index contributed by atoms with van der Waals surface area (Å²) in [5, 5.41) is 2.90. The average Bonchev–Trinajstić information content (AvgIpc) is 2.79. The number of halogens is 1. The van der Waals surface area contributed by atoms with Gasteiger partial charge in [-0.05, 0) is 46.7 Å². The molecule has 0 aliphatic rings. The van der Waals surface area contributed by atoms with Crippen molar-refractivity contribution in [2.24, 2.45) is 0 Å². The predicted octanol–water partition coefficient (Wildman–Crippen LogP) is 6.16. The number of hydrogen-bond donors (Lipinski definition) is 1. The monoisotopic (exact) mass is 443 g/mol. The van der Waals surface area contributed by atoms with E-state index in [1.54, 1.807) is 24.3 Å². The van der Waals surface area contributed by atoms with Crippen molar-refractivity contribution >= 4 is 50.2 Å². The van der Waals surface area contributed by atoms with E-state index in [4.69, 9.17) is 21.6 Å². The normalized spacial score (nSPS) is 12.2. The Morgan fingerprint density at radius 1 is 0.774 bits per heavy atom. The molecule has 0 aliphatic heterocycles. The van der Waals surface area contributed by atoms with E-state index in [0.29, 0.717) is 22.2 Å². The lowest BCUT2D eigenvalue weighted by atomic mass is 10.0. The number of benzene rings is 4. The second kappa shape index (κ2) is 8.46. The number of anilines is 1. The van der Waals surface area contributed by atoms with Crippen molar-refractivity contribution in [1.82, 2.24) is 9.97 Å². The number of aromatic nitrogens is 2. The zero-order chi connectivity index (χ0) is 21.2. The predicted molar refractivity (Wildman–Crippen MR) is 128 cm³/mol. The van der Waals surface area contributed by atoms with Crippen molar-refractivity contribution < 1.29 is 4.21 Å². The number of nitrogens with zero attached hydrogens (tertiary/aromatic N) is 2. The Kier molecular flexibility index (Phi) is 5.37. The summed E-state index contributed by atoms with van der Waals surface area (Å²) in [4.78, 5) is 10.1. The molecular formula is C25H18ClN3OS. The van der Waals surface area contributed by atoms with Crippen LogP contribution >= 0.6 is 11.6 Å². The van der Waals surface area contributed by atoms with Gasteiger partial charge >= 0.3 is 0 Å². The molecule has 1 N–H and O–H groups in total. The maximum Gasteiger partial charge on any atom is 0.160 e. The first-order valence-corrected chi connectivity index (χ1v) is 11.4. The number of fused-ring (bicyclic) bond motifs is 2. The number of para-hydroxylation sites is 2. The van der Waals surface area contributed by atoms with Crippen LogP contribution in [0.25, 0.3) is 21.8 Å². The Bertz CT molecular complexity index is 1440. The molecule has 152 valence electrons. The van der Waals surface area contributed by atoms with E-state index in [1.165, 1.54) is 10.8 Å². The summed E-state index contributed by atoms with van der Waals surface area (Å²) < 4.78 is 16.0. The first-order valence-electron chi connectivity index (χ1n) is 9.83. The molecule has 0 fully saturated rings. The van der Waals surface area contributed by atoms with Gasteiger partial charge in [0.05, 0.1) is 21.6 Å². The smallest absolute Gasteiger partial charge is 0.160 e. The standard InChI is InChI=1S/C25H18ClN3OS/c26-20-8-5-9-21(16-20)31(30)29-25-24(27-22-10-3-4-11-23(22)28-25)15-17-12-13-18-6-1-2-7-19(18)14-17/h1-14,16H,15H2,(H,28,29). The first kappa shape index (κ1) is 19.7. The van der Waals surface area contributed by atoms with Gasteiger partial charge in [0.1, 0.15) is 0 Å². The summed E-state index contributed by atoms with van der Waals surface area (Å²) in [7, 11) is -1.52. The van der Waals surface area contributed by atoms with Crippen LogP contribution in [0.5, 0.6) is 0 Å².